The summed E-state index contributed by atoms with van der Waals surface area (Å²) < 4.78 is 0. The van der Waals surface area contributed by atoms with Crippen molar-refractivity contribution >= 4 is 5.91 Å². The molecule has 1 unspecified atom stereocenters. The van der Waals surface area contributed by atoms with E-state index in [1.165, 1.54) is 25.0 Å². The summed E-state index contributed by atoms with van der Waals surface area (Å²) in [6, 6.07) is 8.47. The predicted octanol–water partition coefficient (Wildman–Crippen LogP) is 1.43. The molecule has 1 aliphatic carbocycles. The van der Waals surface area contributed by atoms with Crippen molar-refractivity contribution in [1.29, 1.82) is 0 Å². The molecule has 0 heterocycles. The van der Waals surface area contributed by atoms with E-state index >= 15 is 0 Å². The van der Waals surface area contributed by atoms with Crippen molar-refractivity contribution in [2.75, 3.05) is 0 Å². The lowest BCUT2D eigenvalue weighted by Gasteiger charge is -2.28. The maximum absolute atomic E-state index is 11.7. The molecule has 0 saturated carbocycles. The second kappa shape index (κ2) is 4.49. The summed E-state index contributed by atoms with van der Waals surface area (Å²) in [5.41, 5.74) is 1.39. The van der Waals surface area contributed by atoms with Crippen LogP contribution in [0, 0.1) is 0 Å². The number of benzene rings is 1. The minimum absolute atomic E-state index is 0.142. The fourth-order valence-corrected chi connectivity index (χ4v) is 2.18. The van der Waals surface area contributed by atoms with E-state index in [0.717, 1.165) is 19.3 Å². The first-order chi connectivity index (χ1) is 7.97. The average Bonchev–Trinajstić information content (AvgIpc) is 2.27. The number of nitrogens with one attached hydrogen (secondary N) is 1. The maximum atomic E-state index is 11.7. The Labute approximate surface area is 102 Å². The quantitative estimate of drug-likeness (QED) is 0.812. The van der Waals surface area contributed by atoms with E-state index in [1.54, 1.807) is 0 Å². The molecule has 1 aromatic carbocycles. The lowest BCUT2D eigenvalue weighted by atomic mass is 9.88. The molecule has 0 spiro atoms. The molecule has 2 N–H and O–H groups in total. The van der Waals surface area contributed by atoms with Gasteiger partial charge in [0.05, 0.1) is 0 Å². The Morgan fingerprint density at radius 2 is 2.00 bits per heavy atom. The van der Waals surface area contributed by atoms with Gasteiger partial charge in [-0.15, -0.1) is 0 Å². The minimum atomic E-state index is -1.29. The highest BCUT2D eigenvalue weighted by molar-refractivity contribution is 5.84. The molecular formula is C14H19NO2. The highest BCUT2D eigenvalue weighted by Gasteiger charge is 2.27. The smallest absolute Gasteiger partial charge is 0.251 e. The van der Waals surface area contributed by atoms with E-state index in [2.05, 4.69) is 23.5 Å². The predicted molar refractivity (Wildman–Crippen MR) is 66.7 cm³/mol. The topological polar surface area (TPSA) is 49.3 Å². The first-order valence-corrected chi connectivity index (χ1v) is 6.07. The number of carbonyl (C=O) groups excluding carboxylic acids is 1. The molecule has 0 fully saturated rings. The molecule has 0 aliphatic heterocycles. The van der Waals surface area contributed by atoms with E-state index < -0.39 is 5.60 Å². The molecule has 1 aromatic rings. The summed E-state index contributed by atoms with van der Waals surface area (Å²) >= 11 is 0. The molecule has 3 heteroatoms. The van der Waals surface area contributed by atoms with E-state index in [9.17, 15) is 9.90 Å². The minimum Gasteiger partial charge on any atom is -0.381 e. The fourth-order valence-electron chi connectivity index (χ4n) is 2.18. The number of hydrogen-bond acceptors (Lipinski definition) is 2. The fraction of sp³-hybridized carbons (Fsp3) is 0.500. The summed E-state index contributed by atoms with van der Waals surface area (Å²) in [6.07, 6.45) is 2.80. The zero-order chi connectivity index (χ0) is 12.5. The van der Waals surface area contributed by atoms with Crippen LogP contribution in [0.4, 0.5) is 0 Å². The molecule has 3 nitrogen and oxygen atoms in total. The Hall–Kier alpha value is -1.35. The molecule has 2 rings (SSSR count). The van der Waals surface area contributed by atoms with Gasteiger partial charge >= 0.3 is 0 Å². The summed E-state index contributed by atoms with van der Waals surface area (Å²) in [6.45, 7) is 3.03. The third-order valence-electron chi connectivity index (χ3n) is 3.24. The van der Waals surface area contributed by atoms with Crippen molar-refractivity contribution in [2.24, 2.45) is 0 Å². The molecule has 92 valence electrons. The largest absolute Gasteiger partial charge is 0.381 e. The van der Waals surface area contributed by atoms with Crippen LogP contribution in [0.2, 0.25) is 0 Å². The van der Waals surface area contributed by atoms with Crippen LogP contribution < -0.4 is 5.32 Å². The zero-order valence-electron chi connectivity index (χ0n) is 10.4. The lowest BCUT2D eigenvalue weighted by Crippen LogP contribution is -2.48. The van der Waals surface area contributed by atoms with Crippen LogP contribution in [0.1, 0.15) is 31.4 Å². The van der Waals surface area contributed by atoms with Crippen molar-refractivity contribution in [1.82, 2.24) is 5.32 Å². The normalized spacial score (nSPS) is 19.6. The highest BCUT2D eigenvalue weighted by Crippen LogP contribution is 2.21. The van der Waals surface area contributed by atoms with Crippen LogP contribution in [0.3, 0.4) is 0 Å². The van der Waals surface area contributed by atoms with Gasteiger partial charge in [-0.05, 0) is 44.2 Å². The number of aryl methyl sites for hydroxylation is 1. The molecule has 1 aliphatic rings. The van der Waals surface area contributed by atoms with Gasteiger partial charge < -0.3 is 10.4 Å². The molecule has 0 radical (unpaired) electrons. The summed E-state index contributed by atoms with van der Waals surface area (Å²) in [5, 5.41) is 12.5. The van der Waals surface area contributed by atoms with E-state index in [1.807, 2.05) is 6.07 Å². The number of carbonyl (C=O) groups is 1. The molecule has 0 saturated heterocycles. The number of aliphatic hydroxyl groups is 1. The Morgan fingerprint density at radius 3 is 2.65 bits per heavy atom. The van der Waals surface area contributed by atoms with Gasteiger partial charge in [0, 0.05) is 6.04 Å². The molecule has 1 amide bonds. The summed E-state index contributed by atoms with van der Waals surface area (Å²) in [5.74, 6) is -0.290. The van der Waals surface area contributed by atoms with Crippen molar-refractivity contribution in [3.8, 4) is 0 Å². The van der Waals surface area contributed by atoms with Crippen LogP contribution in [0.5, 0.6) is 0 Å². The summed E-state index contributed by atoms with van der Waals surface area (Å²) in [4.78, 5) is 11.7. The molecule has 1 atom stereocenters. The van der Waals surface area contributed by atoms with Crippen molar-refractivity contribution in [3.05, 3.63) is 35.4 Å². The van der Waals surface area contributed by atoms with Crippen LogP contribution >= 0.6 is 0 Å². The number of rotatable bonds is 2. The maximum Gasteiger partial charge on any atom is 0.251 e. The van der Waals surface area contributed by atoms with Crippen LogP contribution in [-0.2, 0) is 17.6 Å². The molecule has 0 bridgehead atoms. The molecule has 0 aromatic heterocycles. The number of fused-ring (bicyclic) bond motifs is 1. The van der Waals surface area contributed by atoms with E-state index in [4.69, 9.17) is 0 Å². The lowest BCUT2D eigenvalue weighted by molar-refractivity contribution is -0.137. The van der Waals surface area contributed by atoms with Crippen LogP contribution in [0.25, 0.3) is 0 Å². The highest BCUT2D eigenvalue weighted by atomic mass is 16.3. The van der Waals surface area contributed by atoms with Crippen molar-refractivity contribution in [3.63, 3.8) is 0 Å². The standard InChI is InChI=1S/C14H19NO2/c1-14(2,17)13(16)15-12-8-7-10-5-3-4-6-11(10)9-12/h3-6,12,17H,7-9H2,1-2H3,(H,15,16). The second-order valence-corrected chi connectivity index (χ2v) is 5.24. The third kappa shape index (κ3) is 2.86. The second-order valence-electron chi connectivity index (χ2n) is 5.24. The first kappa shape index (κ1) is 12.1. The van der Waals surface area contributed by atoms with E-state index in [0.29, 0.717) is 0 Å². The van der Waals surface area contributed by atoms with Crippen molar-refractivity contribution < 1.29 is 9.90 Å². The first-order valence-electron chi connectivity index (χ1n) is 6.07. The Bertz CT molecular complexity index is 420. The Morgan fingerprint density at radius 1 is 1.35 bits per heavy atom. The van der Waals surface area contributed by atoms with Gasteiger partial charge in [-0.2, -0.15) is 0 Å². The van der Waals surface area contributed by atoms with Gasteiger partial charge in [0.1, 0.15) is 5.60 Å². The van der Waals surface area contributed by atoms with Gasteiger partial charge in [-0.1, -0.05) is 24.3 Å². The SMILES string of the molecule is CC(C)(O)C(=O)NC1CCc2ccccc2C1. The average molecular weight is 233 g/mol. The molecular weight excluding hydrogens is 214 g/mol. The van der Waals surface area contributed by atoms with E-state index in [-0.39, 0.29) is 11.9 Å². The van der Waals surface area contributed by atoms with Gasteiger partial charge in [0.25, 0.3) is 5.91 Å². The third-order valence-corrected chi connectivity index (χ3v) is 3.24. The van der Waals surface area contributed by atoms with Crippen molar-refractivity contribution in [2.45, 2.75) is 44.8 Å². The monoisotopic (exact) mass is 233 g/mol. The van der Waals surface area contributed by atoms with Gasteiger partial charge in [-0.25, -0.2) is 0 Å². The Balaban J connectivity index is 2.01. The number of hydrogen-bond donors (Lipinski definition) is 2. The van der Waals surface area contributed by atoms with Gasteiger partial charge in [0.15, 0.2) is 0 Å². The zero-order valence-corrected chi connectivity index (χ0v) is 10.4. The Kier molecular flexibility index (Phi) is 3.20. The molecule has 17 heavy (non-hydrogen) atoms. The number of amides is 1. The van der Waals surface area contributed by atoms with Gasteiger partial charge in [0.2, 0.25) is 0 Å². The van der Waals surface area contributed by atoms with Gasteiger partial charge in [-0.3, -0.25) is 4.79 Å². The van der Waals surface area contributed by atoms with Crippen LogP contribution in [0.15, 0.2) is 24.3 Å². The summed E-state index contributed by atoms with van der Waals surface area (Å²) in [7, 11) is 0. The van der Waals surface area contributed by atoms with Crippen LogP contribution in [-0.4, -0.2) is 22.7 Å².